The first-order valence-electron chi connectivity index (χ1n) is 15.3. The van der Waals surface area contributed by atoms with Gasteiger partial charge in [0.1, 0.15) is 17.7 Å². The minimum atomic E-state index is -1.77. The Balaban J connectivity index is 1.22. The number of nitrogens with one attached hydrogen (secondary N) is 1. The Labute approximate surface area is 279 Å². The zero-order valence-corrected chi connectivity index (χ0v) is 26.4. The summed E-state index contributed by atoms with van der Waals surface area (Å²) in [6.45, 7) is -0.194. The van der Waals surface area contributed by atoms with Crippen LogP contribution in [0.25, 0.3) is 0 Å². The molecule has 0 unspecified atom stereocenters. The Kier molecular flexibility index (Phi) is 8.47. The van der Waals surface area contributed by atoms with Crippen LogP contribution in [0.3, 0.4) is 0 Å². The number of ether oxygens (including phenoxy) is 1. The Bertz CT molecular complexity index is 1980. The summed E-state index contributed by atoms with van der Waals surface area (Å²) in [4.78, 5) is 54.4. The van der Waals surface area contributed by atoms with E-state index >= 15 is 0 Å². The van der Waals surface area contributed by atoms with Crippen molar-refractivity contribution in [1.82, 2.24) is 24.7 Å². The molecule has 0 aliphatic carbocycles. The van der Waals surface area contributed by atoms with E-state index in [0.717, 1.165) is 43.4 Å². The maximum atomic E-state index is 14.5. The SMILES string of the molecule is O=C(Cc1ccccc1)N[C@@H]1C(=O)N2C[C@@](C(=O)OC(c3ccccc3)c3ccccc3)(n3ncn(/N=C/c4ccccc4)c3=O)S[C@@H]12. The van der Waals surface area contributed by atoms with E-state index in [1.54, 1.807) is 0 Å². The Morgan fingerprint density at radius 2 is 1.48 bits per heavy atom. The molecule has 0 bridgehead atoms. The molecule has 240 valence electrons. The van der Waals surface area contributed by atoms with E-state index in [0.29, 0.717) is 0 Å². The molecule has 11 nitrogen and oxygen atoms in total. The Morgan fingerprint density at radius 1 is 0.896 bits per heavy atom. The van der Waals surface area contributed by atoms with Gasteiger partial charge in [0, 0.05) is 0 Å². The molecule has 4 aromatic carbocycles. The molecule has 2 saturated heterocycles. The van der Waals surface area contributed by atoms with Crippen LogP contribution in [-0.2, 0) is 30.4 Å². The second kappa shape index (κ2) is 13.2. The number of aromatic nitrogens is 3. The molecule has 1 N–H and O–H groups in total. The first kappa shape index (κ1) is 30.9. The molecular weight excluding hydrogens is 629 g/mol. The van der Waals surface area contributed by atoms with Gasteiger partial charge >= 0.3 is 11.7 Å². The van der Waals surface area contributed by atoms with E-state index in [1.165, 1.54) is 17.4 Å². The predicted molar refractivity (Wildman–Crippen MR) is 180 cm³/mol. The van der Waals surface area contributed by atoms with E-state index in [1.807, 2.05) is 121 Å². The number of rotatable bonds is 10. The van der Waals surface area contributed by atoms with Gasteiger partial charge in [-0.3, -0.25) is 9.59 Å². The lowest BCUT2D eigenvalue weighted by Crippen LogP contribution is -2.67. The van der Waals surface area contributed by atoms with E-state index in [9.17, 15) is 19.2 Å². The molecule has 7 rings (SSSR count). The zero-order chi connectivity index (χ0) is 33.1. The summed E-state index contributed by atoms with van der Waals surface area (Å²) in [5.74, 6) is -1.45. The second-order valence-corrected chi connectivity index (χ2v) is 12.8. The quantitative estimate of drug-likeness (QED) is 0.138. The molecule has 0 spiro atoms. The smallest absolute Gasteiger partial charge is 0.368 e. The van der Waals surface area contributed by atoms with Crippen LogP contribution in [0.2, 0.25) is 0 Å². The second-order valence-electron chi connectivity index (χ2n) is 11.4. The van der Waals surface area contributed by atoms with Gasteiger partial charge in [0.15, 0.2) is 6.10 Å². The fraction of sp³-hybridized carbons (Fsp3) is 0.167. The third-order valence-electron chi connectivity index (χ3n) is 8.24. The predicted octanol–water partition coefficient (Wildman–Crippen LogP) is 3.56. The van der Waals surface area contributed by atoms with Crippen molar-refractivity contribution in [3.05, 3.63) is 160 Å². The van der Waals surface area contributed by atoms with Gasteiger partial charge in [0.25, 0.3) is 0 Å². The highest BCUT2D eigenvalue weighted by Gasteiger charge is 2.65. The standard InChI is InChI=1S/C36H30N6O5S/c43-29(21-25-13-5-1-6-14-25)39-30-32(44)40-23-36(48-33(30)40,42-35(46)41(24-38-42)37-22-26-15-7-2-8-16-26)34(45)47-31(27-17-9-3-10-18-27)28-19-11-4-12-20-28/h1-20,22,24,30-31,33H,21,23H2,(H,39,43)/b37-22+/t30-,33+,36-/m1/s1. The summed E-state index contributed by atoms with van der Waals surface area (Å²) in [5, 5.41) is 10.8. The molecule has 1 aromatic heterocycles. The van der Waals surface area contributed by atoms with Crippen molar-refractivity contribution in [1.29, 1.82) is 0 Å². The summed E-state index contributed by atoms with van der Waals surface area (Å²) in [6.07, 6.45) is 2.01. The van der Waals surface area contributed by atoms with Gasteiger partial charge < -0.3 is 15.0 Å². The lowest BCUT2D eigenvalue weighted by atomic mass is 10.0. The summed E-state index contributed by atoms with van der Waals surface area (Å²) in [7, 11) is 0. The van der Waals surface area contributed by atoms with Crippen molar-refractivity contribution in [2.24, 2.45) is 5.10 Å². The highest BCUT2D eigenvalue weighted by molar-refractivity contribution is 8.01. The summed E-state index contributed by atoms with van der Waals surface area (Å²) < 4.78 is 8.34. The van der Waals surface area contributed by atoms with Crippen LogP contribution in [0.4, 0.5) is 0 Å². The molecule has 12 heteroatoms. The van der Waals surface area contributed by atoms with Crippen LogP contribution < -0.4 is 11.0 Å². The number of amides is 2. The molecule has 2 fully saturated rings. The van der Waals surface area contributed by atoms with E-state index in [-0.39, 0.29) is 24.8 Å². The molecule has 3 atom stereocenters. The van der Waals surface area contributed by atoms with Crippen molar-refractivity contribution in [2.45, 2.75) is 28.8 Å². The van der Waals surface area contributed by atoms with E-state index < -0.39 is 34.0 Å². The van der Waals surface area contributed by atoms with Gasteiger partial charge in [-0.05, 0) is 22.3 Å². The molecule has 2 amide bonds. The number of β-lactam (4-membered cyclic amide) rings is 1. The van der Waals surface area contributed by atoms with Crippen LogP contribution in [0.15, 0.2) is 138 Å². The number of nitrogens with zero attached hydrogens (tertiary/aromatic N) is 5. The minimum absolute atomic E-state index is 0.0916. The molecule has 5 aromatic rings. The average Bonchev–Trinajstić information content (AvgIpc) is 3.69. The lowest BCUT2D eigenvalue weighted by molar-refractivity contribution is -0.157. The number of carbonyl (C=O) groups is 3. The monoisotopic (exact) mass is 658 g/mol. The average molecular weight is 659 g/mol. The number of benzene rings is 4. The van der Waals surface area contributed by atoms with Crippen molar-refractivity contribution in [2.75, 3.05) is 6.54 Å². The maximum Gasteiger partial charge on any atom is 0.368 e. The molecular formula is C36H30N6O5S. The summed E-state index contributed by atoms with van der Waals surface area (Å²) in [6, 6.07) is 36.1. The highest BCUT2D eigenvalue weighted by Crippen LogP contribution is 2.50. The number of hydrogen-bond donors (Lipinski definition) is 1. The van der Waals surface area contributed by atoms with Gasteiger partial charge in [-0.15, -0.1) is 0 Å². The van der Waals surface area contributed by atoms with E-state index in [4.69, 9.17) is 4.74 Å². The number of carbonyl (C=O) groups excluding carboxylic acids is 3. The van der Waals surface area contributed by atoms with Crippen LogP contribution in [0.1, 0.15) is 28.4 Å². The third-order valence-corrected chi connectivity index (χ3v) is 9.87. The molecule has 2 aliphatic rings. The van der Waals surface area contributed by atoms with Crippen LogP contribution in [-0.4, -0.2) is 61.3 Å². The number of esters is 1. The van der Waals surface area contributed by atoms with Crippen LogP contribution in [0.5, 0.6) is 0 Å². The number of thioether (sulfide) groups is 1. The van der Waals surface area contributed by atoms with Gasteiger partial charge in [0.2, 0.25) is 16.7 Å². The molecule has 48 heavy (non-hydrogen) atoms. The fourth-order valence-corrected chi connectivity index (χ4v) is 7.43. The largest absolute Gasteiger partial charge is 0.450 e. The van der Waals surface area contributed by atoms with Gasteiger partial charge in [-0.25, -0.2) is 9.59 Å². The molecule has 0 radical (unpaired) electrons. The lowest BCUT2D eigenvalue weighted by Gasteiger charge is -2.41. The molecule has 2 aliphatic heterocycles. The summed E-state index contributed by atoms with van der Waals surface area (Å²) >= 11 is 1.05. The first-order valence-corrected chi connectivity index (χ1v) is 16.2. The first-order chi connectivity index (χ1) is 23.4. The van der Waals surface area contributed by atoms with Gasteiger partial charge in [0.05, 0.1) is 19.2 Å². The molecule has 3 heterocycles. The van der Waals surface area contributed by atoms with Crippen molar-refractivity contribution in [3.8, 4) is 0 Å². The fourth-order valence-electron chi connectivity index (χ4n) is 5.82. The van der Waals surface area contributed by atoms with Crippen molar-refractivity contribution >= 4 is 35.8 Å². The number of hydrogen-bond acceptors (Lipinski definition) is 8. The minimum Gasteiger partial charge on any atom is -0.450 e. The topological polar surface area (TPSA) is 128 Å². The normalized spacial score (nSPS) is 20.0. The number of fused-ring (bicyclic) bond motifs is 1. The zero-order valence-electron chi connectivity index (χ0n) is 25.5. The van der Waals surface area contributed by atoms with Crippen LogP contribution >= 0.6 is 11.8 Å². The Hall–Kier alpha value is -5.75. The third kappa shape index (κ3) is 5.93. The van der Waals surface area contributed by atoms with Gasteiger partial charge in [-0.1, -0.05) is 133 Å². The van der Waals surface area contributed by atoms with Crippen LogP contribution in [0, 0.1) is 0 Å². The molecule has 0 saturated carbocycles. The van der Waals surface area contributed by atoms with E-state index in [2.05, 4.69) is 15.5 Å². The highest BCUT2D eigenvalue weighted by atomic mass is 32.2. The van der Waals surface area contributed by atoms with Crippen molar-refractivity contribution < 1.29 is 19.1 Å². The summed E-state index contributed by atoms with van der Waals surface area (Å²) in [5.41, 5.74) is 2.33. The van der Waals surface area contributed by atoms with Gasteiger partial charge in [-0.2, -0.15) is 19.6 Å². The maximum absolute atomic E-state index is 14.5. The van der Waals surface area contributed by atoms with Crippen molar-refractivity contribution in [3.63, 3.8) is 0 Å². The Morgan fingerprint density at radius 3 is 2.10 bits per heavy atom.